The number of hydrogen-bond acceptors (Lipinski definition) is 3. The van der Waals surface area contributed by atoms with Gasteiger partial charge in [-0.15, -0.1) is 0 Å². The third-order valence-corrected chi connectivity index (χ3v) is 2.29. The van der Waals surface area contributed by atoms with Crippen molar-refractivity contribution in [1.29, 1.82) is 0 Å². The fraction of sp³-hybridized carbons (Fsp3) is 0.385. The van der Waals surface area contributed by atoms with Crippen LogP contribution >= 0.6 is 0 Å². The van der Waals surface area contributed by atoms with Crippen molar-refractivity contribution in [1.82, 2.24) is 10.6 Å². The van der Waals surface area contributed by atoms with Gasteiger partial charge in [0.05, 0.1) is 6.54 Å². The van der Waals surface area contributed by atoms with Gasteiger partial charge >= 0.3 is 0 Å². The first kappa shape index (κ1) is 14.0. The summed E-state index contributed by atoms with van der Waals surface area (Å²) in [5.74, 6) is -0.0797. The molecule has 1 rings (SSSR count). The minimum Gasteiger partial charge on any atom is -0.399 e. The van der Waals surface area contributed by atoms with Crippen LogP contribution < -0.4 is 16.4 Å². The fourth-order valence-electron chi connectivity index (χ4n) is 1.28. The molecule has 2 amide bonds. The number of nitrogens with two attached hydrogens (primary N) is 1. The Labute approximate surface area is 107 Å². The van der Waals surface area contributed by atoms with E-state index in [1.54, 1.807) is 24.3 Å². The maximum atomic E-state index is 11.7. The zero-order valence-electron chi connectivity index (χ0n) is 10.7. The van der Waals surface area contributed by atoms with E-state index in [0.717, 1.165) is 0 Å². The fourth-order valence-corrected chi connectivity index (χ4v) is 1.28. The van der Waals surface area contributed by atoms with Crippen molar-refractivity contribution in [3.8, 4) is 0 Å². The lowest BCUT2D eigenvalue weighted by Crippen LogP contribution is -2.38. The largest absolute Gasteiger partial charge is 0.399 e. The van der Waals surface area contributed by atoms with Crippen molar-refractivity contribution in [3.63, 3.8) is 0 Å². The molecule has 98 valence electrons. The van der Waals surface area contributed by atoms with E-state index in [9.17, 15) is 9.59 Å². The smallest absolute Gasteiger partial charge is 0.251 e. The molecule has 1 aromatic rings. The van der Waals surface area contributed by atoms with Gasteiger partial charge in [-0.05, 0) is 30.2 Å². The molecule has 4 N–H and O–H groups in total. The predicted octanol–water partition coefficient (Wildman–Crippen LogP) is 0.771. The second-order valence-corrected chi connectivity index (χ2v) is 4.50. The molecule has 0 aliphatic rings. The average molecular weight is 249 g/mol. The number of benzene rings is 1. The quantitative estimate of drug-likeness (QED) is 0.674. The molecule has 0 radical (unpaired) electrons. The Bertz CT molecular complexity index is 413. The van der Waals surface area contributed by atoms with Gasteiger partial charge in [-0.3, -0.25) is 9.59 Å². The summed E-state index contributed by atoms with van der Waals surface area (Å²) in [4.78, 5) is 23.1. The summed E-state index contributed by atoms with van der Waals surface area (Å²) in [7, 11) is 0. The van der Waals surface area contributed by atoms with Crippen LogP contribution in [0.4, 0.5) is 5.69 Å². The van der Waals surface area contributed by atoms with Crippen molar-refractivity contribution in [2.24, 2.45) is 5.92 Å². The lowest BCUT2D eigenvalue weighted by molar-refractivity contribution is -0.120. The van der Waals surface area contributed by atoms with Crippen molar-refractivity contribution in [2.45, 2.75) is 13.8 Å². The Morgan fingerprint density at radius 2 is 1.78 bits per heavy atom. The SMILES string of the molecule is CC(C)CNC(=O)CNC(=O)c1ccc(N)cc1. The van der Waals surface area contributed by atoms with E-state index < -0.39 is 0 Å². The standard InChI is InChI=1S/C13H19N3O2/c1-9(2)7-15-12(17)8-16-13(18)10-3-5-11(14)6-4-10/h3-6,9H,7-8,14H2,1-2H3,(H,15,17)(H,16,18). The van der Waals surface area contributed by atoms with Gasteiger partial charge in [0.25, 0.3) is 5.91 Å². The van der Waals surface area contributed by atoms with Gasteiger partial charge in [-0.1, -0.05) is 13.8 Å². The van der Waals surface area contributed by atoms with E-state index in [-0.39, 0.29) is 18.4 Å². The van der Waals surface area contributed by atoms with Crippen molar-refractivity contribution >= 4 is 17.5 Å². The number of anilines is 1. The van der Waals surface area contributed by atoms with Crippen LogP contribution in [0.5, 0.6) is 0 Å². The molecule has 0 aliphatic carbocycles. The summed E-state index contributed by atoms with van der Waals surface area (Å²) in [6, 6.07) is 6.54. The second-order valence-electron chi connectivity index (χ2n) is 4.50. The Balaban J connectivity index is 2.37. The summed E-state index contributed by atoms with van der Waals surface area (Å²) in [5.41, 5.74) is 6.61. The zero-order chi connectivity index (χ0) is 13.5. The first-order chi connectivity index (χ1) is 8.49. The van der Waals surface area contributed by atoms with E-state index in [4.69, 9.17) is 5.73 Å². The number of nitrogen functional groups attached to an aromatic ring is 1. The third-order valence-electron chi connectivity index (χ3n) is 2.29. The number of rotatable bonds is 5. The summed E-state index contributed by atoms with van der Waals surface area (Å²) in [6.45, 7) is 4.60. The topological polar surface area (TPSA) is 84.2 Å². The Hall–Kier alpha value is -2.04. The first-order valence-corrected chi connectivity index (χ1v) is 5.89. The molecule has 0 aromatic heterocycles. The molecular formula is C13H19N3O2. The average Bonchev–Trinajstić information content (AvgIpc) is 2.34. The van der Waals surface area contributed by atoms with Gasteiger partial charge in [0.1, 0.15) is 0 Å². The predicted molar refractivity (Wildman–Crippen MR) is 71.0 cm³/mol. The number of hydrogen-bond donors (Lipinski definition) is 3. The van der Waals surface area contributed by atoms with Crippen LogP contribution in [0.15, 0.2) is 24.3 Å². The summed E-state index contributed by atoms with van der Waals surface area (Å²) < 4.78 is 0. The van der Waals surface area contributed by atoms with Crippen LogP contribution in [0.25, 0.3) is 0 Å². The maximum absolute atomic E-state index is 11.7. The zero-order valence-corrected chi connectivity index (χ0v) is 10.7. The van der Waals surface area contributed by atoms with E-state index >= 15 is 0 Å². The molecule has 0 unspecified atom stereocenters. The normalized spacial score (nSPS) is 10.2. The molecular weight excluding hydrogens is 230 g/mol. The van der Waals surface area contributed by atoms with Crippen LogP contribution in [-0.2, 0) is 4.79 Å². The molecule has 0 saturated heterocycles. The number of amides is 2. The highest BCUT2D eigenvalue weighted by molar-refractivity contribution is 5.96. The monoisotopic (exact) mass is 249 g/mol. The van der Waals surface area contributed by atoms with Crippen LogP contribution in [0, 0.1) is 5.92 Å². The highest BCUT2D eigenvalue weighted by Crippen LogP contribution is 2.04. The van der Waals surface area contributed by atoms with Gasteiger partial charge in [0.2, 0.25) is 5.91 Å². The van der Waals surface area contributed by atoms with Crippen LogP contribution in [0.2, 0.25) is 0 Å². The van der Waals surface area contributed by atoms with Crippen molar-refractivity contribution < 1.29 is 9.59 Å². The van der Waals surface area contributed by atoms with Crippen LogP contribution in [0.3, 0.4) is 0 Å². The minimum atomic E-state index is -0.283. The minimum absolute atomic E-state index is 0.0179. The highest BCUT2D eigenvalue weighted by atomic mass is 16.2. The molecule has 0 bridgehead atoms. The van der Waals surface area contributed by atoms with Crippen LogP contribution in [0.1, 0.15) is 24.2 Å². The molecule has 5 heteroatoms. The summed E-state index contributed by atoms with van der Waals surface area (Å²) in [5, 5.41) is 5.27. The van der Waals surface area contributed by atoms with Gasteiger partial charge in [0.15, 0.2) is 0 Å². The molecule has 0 saturated carbocycles. The molecule has 18 heavy (non-hydrogen) atoms. The maximum Gasteiger partial charge on any atom is 0.251 e. The van der Waals surface area contributed by atoms with Gasteiger partial charge in [-0.2, -0.15) is 0 Å². The van der Waals surface area contributed by atoms with Gasteiger partial charge in [-0.25, -0.2) is 0 Å². The lowest BCUT2D eigenvalue weighted by Gasteiger charge is -2.08. The lowest BCUT2D eigenvalue weighted by atomic mass is 10.2. The number of carbonyl (C=O) groups is 2. The Kier molecular flexibility index (Phi) is 5.17. The molecule has 0 spiro atoms. The van der Waals surface area contributed by atoms with Crippen LogP contribution in [-0.4, -0.2) is 24.9 Å². The summed E-state index contributed by atoms with van der Waals surface area (Å²) in [6.07, 6.45) is 0. The highest BCUT2D eigenvalue weighted by Gasteiger charge is 2.07. The van der Waals surface area contributed by atoms with Gasteiger partial charge < -0.3 is 16.4 Å². The summed E-state index contributed by atoms with van der Waals surface area (Å²) >= 11 is 0. The number of carbonyl (C=O) groups excluding carboxylic acids is 2. The van der Waals surface area contributed by atoms with E-state index in [2.05, 4.69) is 10.6 Å². The molecule has 0 heterocycles. The second kappa shape index (κ2) is 6.64. The van der Waals surface area contributed by atoms with E-state index in [0.29, 0.717) is 23.7 Å². The molecule has 0 aliphatic heterocycles. The molecule has 0 atom stereocenters. The molecule has 1 aromatic carbocycles. The molecule has 0 fully saturated rings. The van der Waals surface area contributed by atoms with E-state index in [1.807, 2.05) is 13.8 Å². The van der Waals surface area contributed by atoms with E-state index in [1.165, 1.54) is 0 Å². The van der Waals surface area contributed by atoms with Gasteiger partial charge in [0, 0.05) is 17.8 Å². The van der Waals surface area contributed by atoms with Crippen molar-refractivity contribution in [3.05, 3.63) is 29.8 Å². The number of nitrogens with one attached hydrogen (secondary N) is 2. The van der Waals surface area contributed by atoms with Crippen molar-refractivity contribution in [2.75, 3.05) is 18.8 Å². The third kappa shape index (κ3) is 4.86. The molecule has 5 nitrogen and oxygen atoms in total. The Morgan fingerprint density at radius 3 is 2.33 bits per heavy atom. The first-order valence-electron chi connectivity index (χ1n) is 5.89. The Morgan fingerprint density at radius 1 is 1.17 bits per heavy atom.